The molecule has 49 heavy (non-hydrogen) atoms. The number of fused-ring (bicyclic) bond motifs is 3. The molecule has 0 unspecified atom stereocenters. The Kier molecular flexibility index (Phi) is 5.47. The van der Waals surface area contributed by atoms with Crippen LogP contribution in [-0.4, -0.2) is 15.0 Å². The molecule has 9 rings (SSSR count). The van der Waals surface area contributed by atoms with Gasteiger partial charge in [0, 0.05) is 27.5 Å². The summed E-state index contributed by atoms with van der Waals surface area (Å²) in [6, 6.07) is 40.8. The number of furan rings is 1. The van der Waals surface area contributed by atoms with Crippen molar-refractivity contribution in [3.63, 3.8) is 0 Å². The van der Waals surface area contributed by atoms with Crippen molar-refractivity contribution >= 4 is 21.9 Å². The molecule has 0 saturated heterocycles. The lowest BCUT2D eigenvalue weighted by atomic mass is 9.98. The molecule has 0 radical (unpaired) electrons. The Morgan fingerprint density at radius 2 is 0.776 bits per heavy atom. The predicted molar refractivity (Wildman–Crippen MR) is 200 cm³/mol. The van der Waals surface area contributed by atoms with Crippen LogP contribution in [0.2, 0.25) is 0 Å². The average Bonchev–Trinajstić information content (AvgIpc) is 3.66. The summed E-state index contributed by atoms with van der Waals surface area (Å²) in [5.41, 5.74) is 7.12. The summed E-state index contributed by atoms with van der Waals surface area (Å²) < 4.78 is 65.5. The molecule has 0 atom stereocenters. The molecule has 4 heteroatoms. The van der Waals surface area contributed by atoms with Gasteiger partial charge >= 0.3 is 0 Å². The quantitative estimate of drug-likeness (QED) is 0.183. The normalized spacial score (nSPS) is 13.3. The van der Waals surface area contributed by atoms with E-state index < -0.39 is 12.1 Å². The van der Waals surface area contributed by atoms with Crippen LogP contribution in [0.15, 0.2) is 180 Å². The molecule has 2 heterocycles. The van der Waals surface area contributed by atoms with Crippen molar-refractivity contribution in [1.82, 2.24) is 15.0 Å². The number of hydrogen-bond donors (Lipinski definition) is 0. The minimum absolute atomic E-state index is 0.0652. The lowest BCUT2D eigenvalue weighted by Gasteiger charge is -2.10. The van der Waals surface area contributed by atoms with Crippen molar-refractivity contribution in [2.75, 3.05) is 0 Å². The monoisotopic (exact) mass is 634 g/mol. The number of benzene rings is 7. The van der Waals surface area contributed by atoms with Gasteiger partial charge in [-0.05, 0) is 45.5 Å². The van der Waals surface area contributed by atoms with Gasteiger partial charge in [-0.1, -0.05) is 164 Å². The molecule has 0 aliphatic carbocycles. The Balaban J connectivity index is 1.17. The first kappa shape index (κ1) is 22.0. The molecule has 0 saturated carbocycles. The highest BCUT2D eigenvalue weighted by Gasteiger charge is 2.15. The van der Waals surface area contributed by atoms with E-state index in [1.807, 2.05) is 84.9 Å². The van der Waals surface area contributed by atoms with E-state index in [-0.39, 0.29) is 57.7 Å². The Hall–Kier alpha value is -6.65. The van der Waals surface area contributed by atoms with Crippen LogP contribution in [0.5, 0.6) is 0 Å². The summed E-state index contributed by atoms with van der Waals surface area (Å²) in [7, 11) is 0. The largest absolute Gasteiger partial charge is 0.456 e. The third kappa shape index (κ3) is 5.45. The highest BCUT2D eigenvalue weighted by atomic mass is 16.3. The second kappa shape index (κ2) is 12.2. The van der Waals surface area contributed by atoms with Gasteiger partial charge in [0.2, 0.25) is 0 Å². The van der Waals surface area contributed by atoms with Crippen molar-refractivity contribution in [1.29, 1.82) is 0 Å². The van der Waals surface area contributed by atoms with Crippen LogP contribution < -0.4 is 0 Å². The predicted octanol–water partition coefficient (Wildman–Crippen LogP) is 11.8. The molecule has 4 nitrogen and oxygen atoms in total. The van der Waals surface area contributed by atoms with Crippen LogP contribution in [-0.2, 0) is 0 Å². The van der Waals surface area contributed by atoms with Gasteiger partial charge in [-0.25, -0.2) is 15.0 Å². The van der Waals surface area contributed by atoms with Crippen LogP contribution in [0.25, 0.3) is 89.5 Å². The lowest BCUT2D eigenvalue weighted by Crippen LogP contribution is -2.00. The molecule has 0 spiro atoms. The molecule has 0 aliphatic heterocycles. The minimum Gasteiger partial charge on any atom is -0.456 e. The summed E-state index contributed by atoms with van der Waals surface area (Å²) >= 11 is 0. The number of para-hydroxylation sites is 1. The van der Waals surface area contributed by atoms with Crippen LogP contribution in [0.4, 0.5) is 0 Å². The molecule has 2 aromatic heterocycles. The van der Waals surface area contributed by atoms with Gasteiger partial charge in [0.25, 0.3) is 0 Å². The van der Waals surface area contributed by atoms with Crippen molar-refractivity contribution < 1.29 is 14.0 Å². The summed E-state index contributed by atoms with van der Waals surface area (Å²) in [6.45, 7) is 0. The Morgan fingerprint density at radius 3 is 1.29 bits per heavy atom. The molecular formula is C45H29N3O. The second-order valence-corrected chi connectivity index (χ2v) is 11.5. The van der Waals surface area contributed by atoms with Gasteiger partial charge in [-0.15, -0.1) is 0 Å². The van der Waals surface area contributed by atoms with E-state index in [1.54, 1.807) is 24.3 Å². The summed E-state index contributed by atoms with van der Waals surface area (Å²) in [4.78, 5) is 14.8. The SMILES string of the molecule is [2H]c1c([2H])c([2H])c2c(oc3c([2H])c([2H])c([2H])c(-c4ccc(-c5nc(-c6ccc(-c7ccccc7)cc6)nc(-c6ccc(-c7ccccc7)cc6)n5)cc4)c32)c1[2H]. The number of hydrogen-bond acceptors (Lipinski definition) is 4. The highest BCUT2D eigenvalue weighted by Crippen LogP contribution is 2.37. The maximum atomic E-state index is 8.92. The fourth-order valence-corrected chi connectivity index (χ4v) is 6.01. The van der Waals surface area contributed by atoms with Gasteiger partial charge in [-0.3, -0.25) is 0 Å². The number of nitrogens with zero attached hydrogens (tertiary/aromatic N) is 3. The zero-order valence-electron chi connectivity index (χ0n) is 33.0. The van der Waals surface area contributed by atoms with Crippen LogP contribution in [0, 0.1) is 0 Å². The Morgan fingerprint density at radius 1 is 0.367 bits per heavy atom. The second-order valence-electron chi connectivity index (χ2n) is 11.5. The van der Waals surface area contributed by atoms with E-state index in [0.717, 1.165) is 33.4 Å². The molecule has 0 fully saturated rings. The Labute approximate surface area is 293 Å². The third-order valence-corrected chi connectivity index (χ3v) is 8.52. The summed E-state index contributed by atoms with van der Waals surface area (Å²) in [5, 5.41) is 0.253. The zero-order valence-corrected chi connectivity index (χ0v) is 26.0. The minimum atomic E-state index is -0.466. The van der Waals surface area contributed by atoms with E-state index in [4.69, 9.17) is 29.0 Å². The van der Waals surface area contributed by atoms with E-state index in [9.17, 15) is 0 Å². The molecule has 9 aromatic rings. The average molecular weight is 635 g/mol. The summed E-state index contributed by atoms with van der Waals surface area (Å²) in [6.07, 6.45) is 0. The fraction of sp³-hybridized carbons (Fsp3) is 0. The maximum Gasteiger partial charge on any atom is 0.164 e. The first-order chi connectivity index (χ1) is 27.2. The van der Waals surface area contributed by atoms with Crippen LogP contribution in [0.3, 0.4) is 0 Å². The summed E-state index contributed by atoms with van der Waals surface area (Å²) in [5.74, 6) is 1.39. The van der Waals surface area contributed by atoms with Crippen molar-refractivity contribution in [3.8, 4) is 67.5 Å². The van der Waals surface area contributed by atoms with E-state index in [2.05, 4.69) is 24.3 Å². The fourth-order valence-electron chi connectivity index (χ4n) is 6.01. The van der Waals surface area contributed by atoms with Crippen LogP contribution in [0.1, 0.15) is 9.60 Å². The lowest BCUT2D eigenvalue weighted by molar-refractivity contribution is 0.669. The maximum absolute atomic E-state index is 8.92. The number of rotatable bonds is 6. The topological polar surface area (TPSA) is 51.8 Å². The molecule has 0 aliphatic rings. The van der Waals surface area contributed by atoms with Gasteiger partial charge in [0.05, 0.1) is 9.60 Å². The van der Waals surface area contributed by atoms with Gasteiger partial charge in [0.1, 0.15) is 11.2 Å². The first-order valence-corrected chi connectivity index (χ1v) is 15.8. The van der Waals surface area contributed by atoms with Crippen molar-refractivity contribution in [2.24, 2.45) is 0 Å². The van der Waals surface area contributed by atoms with Crippen molar-refractivity contribution in [2.45, 2.75) is 0 Å². The van der Waals surface area contributed by atoms with Crippen molar-refractivity contribution in [3.05, 3.63) is 176 Å². The Bertz CT molecular complexity index is 2850. The third-order valence-electron chi connectivity index (χ3n) is 8.52. The molecule has 0 amide bonds. The van der Waals surface area contributed by atoms with Gasteiger partial charge < -0.3 is 4.42 Å². The van der Waals surface area contributed by atoms with E-state index in [0.29, 0.717) is 28.6 Å². The smallest absolute Gasteiger partial charge is 0.164 e. The molecule has 0 bridgehead atoms. The van der Waals surface area contributed by atoms with E-state index >= 15 is 0 Å². The molecule has 7 aromatic carbocycles. The van der Waals surface area contributed by atoms with Gasteiger partial charge in [0.15, 0.2) is 17.5 Å². The standard InChI is InChI=1S/C45H29N3O/c1-3-10-30(11-4-1)32-18-24-35(25-19-32)43-46-44(36-26-20-33(21-27-36)31-12-5-2-6-13-31)48-45(47-43)37-28-22-34(23-29-37)38-15-9-17-41-42(38)39-14-7-8-16-40(39)49-41/h1-29H/i7D,8D,9D,14D,15D,16D,17D. The van der Waals surface area contributed by atoms with Gasteiger partial charge in [-0.2, -0.15) is 0 Å². The number of aromatic nitrogens is 3. The zero-order chi connectivity index (χ0) is 38.7. The molecule has 230 valence electrons. The van der Waals surface area contributed by atoms with Crippen LogP contribution >= 0.6 is 0 Å². The van der Waals surface area contributed by atoms with E-state index in [1.165, 1.54) is 0 Å². The molecule has 0 N–H and O–H groups in total. The highest BCUT2D eigenvalue weighted by molar-refractivity contribution is 6.12. The first-order valence-electron chi connectivity index (χ1n) is 19.3. The molecular weight excluding hydrogens is 599 g/mol.